The minimum Gasteiger partial charge on any atom is -0.374 e. The average molecular weight is 126 g/mol. The van der Waals surface area contributed by atoms with Gasteiger partial charge >= 0.3 is 0 Å². The van der Waals surface area contributed by atoms with Gasteiger partial charge in [0, 0.05) is 13.5 Å². The molecule has 2 heteroatoms. The Hall–Kier alpha value is -0.810. The van der Waals surface area contributed by atoms with Gasteiger partial charge in [-0.25, -0.2) is 0 Å². The predicted octanol–water partition coefficient (Wildman–Crippen LogP) is 0.614. The van der Waals surface area contributed by atoms with Gasteiger partial charge in [0.25, 0.3) is 0 Å². The SMILES string of the molecule is C#CCCC(C=O)OC. The van der Waals surface area contributed by atoms with Gasteiger partial charge in [-0.3, -0.25) is 0 Å². The van der Waals surface area contributed by atoms with E-state index >= 15 is 0 Å². The number of carbonyl (C=O) groups excluding carboxylic acids is 1. The first-order chi connectivity index (χ1) is 4.35. The molecular formula is C7H10O2. The second-order valence-corrected chi connectivity index (χ2v) is 1.65. The van der Waals surface area contributed by atoms with Gasteiger partial charge in [-0.15, -0.1) is 12.3 Å². The van der Waals surface area contributed by atoms with Crippen LogP contribution in [0.15, 0.2) is 0 Å². The van der Waals surface area contributed by atoms with Crippen LogP contribution >= 0.6 is 0 Å². The van der Waals surface area contributed by atoms with Crippen LogP contribution < -0.4 is 0 Å². The van der Waals surface area contributed by atoms with Crippen LogP contribution in [0.25, 0.3) is 0 Å². The molecule has 0 N–H and O–H groups in total. The highest BCUT2D eigenvalue weighted by atomic mass is 16.5. The van der Waals surface area contributed by atoms with Gasteiger partial charge in [-0.2, -0.15) is 0 Å². The predicted molar refractivity (Wildman–Crippen MR) is 34.9 cm³/mol. The molecule has 0 aromatic carbocycles. The van der Waals surface area contributed by atoms with Crippen LogP contribution in [0.1, 0.15) is 12.8 Å². The summed E-state index contributed by atoms with van der Waals surface area (Å²) in [4.78, 5) is 10.0. The molecule has 0 rings (SSSR count). The Labute approximate surface area is 55.2 Å². The lowest BCUT2D eigenvalue weighted by Gasteiger charge is -2.02. The molecule has 0 spiro atoms. The lowest BCUT2D eigenvalue weighted by molar-refractivity contribution is -0.116. The molecule has 0 aromatic heterocycles. The van der Waals surface area contributed by atoms with E-state index in [1.807, 2.05) is 0 Å². The molecule has 0 saturated carbocycles. The summed E-state index contributed by atoms with van der Waals surface area (Å²) in [6.45, 7) is 0. The van der Waals surface area contributed by atoms with E-state index in [1.165, 1.54) is 7.11 Å². The van der Waals surface area contributed by atoms with E-state index in [0.717, 1.165) is 6.29 Å². The number of hydrogen-bond donors (Lipinski definition) is 0. The molecular weight excluding hydrogens is 116 g/mol. The Morgan fingerprint density at radius 2 is 2.56 bits per heavy atom. The molecule has 1 unspecified atom stereocenters. The van der Waals surface area contributed by atoms with Gasteiger partial charge in [0.05, 0.1) is 0 Å². The molecule has 9 heavy (non-hydrogen) atoms. The maximum absolute atomic E-state index is 10.0. The Kier molecular flexibility index (Phi) is 4.85. The summed E-state index contributed by atoms with van der Waals surface area (Å²) in [6, 6.07) is 0. The number of terminal acetylenes is 1. The number of ether oxygens (including phenoxy) is 1. The van der Waals surface area contributed by atoms with E-state index in [0.29, 0.717) is 12.8 Å². The average Bonchev–Trinajstić information content (AvgIpc) is 1.91. The lowest BCUT2D eigenvalue weighted by Crippen LogP contribution is -2.10. The second-order valence-electron chi connectivity index (χ2n) is 1.65. The highest BCUT2D eigenvalue weighted by Gasteiger charge is 2.01. The van der Waals surface area contributed by atoms with E-state index in [1.54, 1.807) is 0 Å². The van der Waals surface area contributed by atoms with E-state index in [9.17, 15) is 4.79 Å². The van der Waals surface area contributed by atoms with Gasteiger partial charge in [0.2, 0.25) is 0 Å². The normalized spacial score (nSPS) is 12.0. The molecule has 0 aliphatic heterocycles. The van der Waals surface area contributed by atoms with Crippen LogP contribution in [0.3, 0.4) is 0 Å². The van der Waals surface area contributed by atoms with Gasteiger partial charge in [-0.1, -0.05) is 0 Å². The summed E-state index contributed by atoms with van der Waals surface area (Å²) < 4.78 is 4.74. The first-order valence-corrected chi connectivity index (χ1v) is 2.76. The Morgan fingerprint density at radius 3 is 2.89 bits per heavy atom. The van der Waals surface area contributed by atoms with Crippen molar-refractivity contribution in [2.24, 2.45) is 0 Å². The molecule has 0 radical (unpaired) electrons. The molecule has 0 bridgehead atoms. The first-order valence-electron chi connectivity index (χ1n) is 2.76. The largest absolute Gasteiger partial charge is 0.374 e. The maximum Gasteiger partial charge on any atom is 0.148 e. The topological polar surface area (TPSA) is 26.3 Å². The maximum atomic E-state index is 10.0. The van der Waals surface area contributed by atoms with Crippen LogP contribution in [0.2, 0.25) is 0 Å². The third-order valence-electron chi connectivity index (χ3n) is 1.03. The van der Waals surface area contributed by atoms with Gasteiger partial charge < -0.3 is 9.53 Å². The quantitative estimate of drug-likeness (QED) is 0.407. The Bertz CT molecular complexity index is 113. The monoisotopic (exact) mass is 126 g/mol. The van der Waals surface area contributed by atoms with Crippen LogP contribution in [0.4, 0.5) is 0 Å². The molecule has 0 aliphatic rings. The third-order valence-corrected chi connectivity index (χ3v) is 1.03. The van der Waals surface area contributed by atoms with Crippen molar-refractivity contribution in [2.45, 2.75) is 18.9 Å². The van der Waals surface area contributed by atoms with Crippen LogP contribution in [-0.2, 0) is 9.53 Å². The zero-order valence-corrected chi connectivity index (χ0v) is 5.46. The molecule has 0 saturated heterocycles. The van der Waals surface area contributed by atoms with Crippen molar-refractivity contribution in [2.75, 3.05) is 7.11 Å². The van der Waals surface area contributed by atoms with E-state index in [4.69, 9.17) is 11.2 Å². The summed E-state index contributed by atoms with van der Waals surface area (Å²) in [5, 5.41) is 0. The van der Waals surface area contributed by atoms with Crippen molar-refractivity contribution in [3.8, 4) is 12.3 Å². The Balaban J connectivity index is 3.33. The standard InChI is InChI=1S/C7H10O2/c1-3-4-5-7(6-8)9-2/h1,6-7H,4-5H2,2H3. The van der Waals surface area contributed by atoms with E-state index < -0.39 is 0 Å². The minimum absolute atomic E-state index is 0.318. The fraction of sp³-hybridized carbons (Fsp3) is 0.571. The van der Waals surface area contributed by atoms with E-state index in [2.05, 4.69) is 5.92 Å². The van der Waals surface area contributed by atoms with Crippen LogP contribution in [0.5, 0.6) is 0 Å². The molecule has 0 aliphatic carbocycles. The van der Waals surface area contributed by atoms with Crippen molar-refractivity contribution >= 4 is 6.29 Å². The molecule has 0 amide bonds. The summed E-state index contributed by atoms with van der Waals surface area (Å²) in [5.41, 5.74) is 0. The third kappa shape index (κ3) is 3.75. The second kappa shape index (κ2) is 5.33. The fourth-order valence-corrected chi connectivity index (χ4v) is 0.467. The van der Waals surface area contributed by atoms with Crippen molar-refractivity contribution < 1.29 is 9.53 Å². The summed E-state index contributed by atoms with van der Waals surface area (Å²) in [7, 11) is 1.50. The number of methoxy groups -OCH3 is 1. The van der Waals surface area contributed by atoms with Gasteiger partial charge in [-0.05, 0) is 6.42 Å². The first kappa shape index (κ1) is 8.19. The number of hydrogen-bond acceptors (Lipinski definition) is 2. The van der Waals surface area contributed by atoms with Crippen molar-refractivity contribution in [3.63, 3.8) is 0 Å². The zero-order valence-electron chi connectivity index (χ0n) is 5.46. The van der Waals surface area contributed by atoms with Gasteiger partial charge in [0.1, 0.15) is 12.4 Å². The molecule has 0 heterocycles. The smallest absolute Gasteiger partial charge is 0.148 e. The van der Waals surface area contributed by atoms with Gasteiger partial charge in [0.15, 0.2) is 0 Å². The molecule has 2 nitrogen and oxygen atoms in total. The number of aldehydes is 1. The highest BCUT2D eigenvalue weighted by Crippen LogP contribution is 1.95. The van der Waals surface area contributed by atoms with Crippen molar-refractivity contribution in [3.05, 3.63) is 0 Å². The Morgan fingerprint density at radius 1 is 1.89 bits per heavy atom. The van der Waals surface area contributed by atoms with Crippen molar-refractivity contribution in [1.29, 1.82) is 0 Å². The lowest BCUT2D eigenvalue weighted by atomic mass is 10.2. The van der Waals surface area contributed by atoms with Crippen LogP contribution in [-0.4, -0.2) is 19.5 Å². The minimum atomic E-state index is -0.318. The number of carbonyl (C=O) groups is 1. The summed E-state index contributed by atoms with van der Waals surface area (Å²) in [5.74, 6) is 2.43. The van der Waals surface area contributed by atoms with Crippen molar-refractivity contribution in [1.82, 2.24) is 0 Å². The summed E-state index contributed by atoms with van der Waals surface area (Å²) in [6.07, 6.45) is 6.62. The van der Waals surface area contributed by atoms with Crippen LogP contribution in [0, 0.1) is 12.3 Å². The fourth-order valence-electron chi connectivity index (χ4n) is 0.467. The summed E-state index contributed by atoms with van der Waals surface area (Å²) >= 11 is 0. The highest BCUT2D eigenvalue weighted by molar-refractivity contribution is 5.55. The molecule has 0 fully saturated rings. The molecule has 50 valence electrons. The molecule has 1 atom stereocenters. The number of rotatable bonds is 4. The molecule has 0 aromatic rings. The van der Waals surface area contributed by atoms with E-state index in [-0.39, 0.29) is 6.10 Å². The zero-order chi connectivity index (χ0) is 7.11.